The van der Waals surface area contributed by atoms with Gasteiger partial charge in [-0.15, -0.1) is 0 Å². The molecular weight excluding hydrogens is 553 g/mol. The third-order valence-electron chi connectivity index (χ3n) is 5.39. The highest BCUT2D eigenvalue weighted by atomic mass is 79.9. The maximum absolute atomic E-state index is 14.1. The van der Waals surface area contributed by atoms with Crippen LogP contribution in [-0.2, 0) is 27.1 Å². The highest BCUT2D eigenvalue weighted by molar-refractivity contribution is 9.10. The minimum Gasteiger partial charge on any atom is -0.460 e. The van der Waals surface area contributed by atoms with Gasteiger partial charge in [-0.25, -0.2) is 4.57 Å². The number of hydrogen-bond acceptors (Lipinski definition) is 5. The van der Waals surface area contributed by atoms with Crippen molar-refractivity contribution in [1.82, 2.24) is 5.09 Å². The summed E-state index contributed by atoms with van der Waals surface area (Å²) in [5.74, 6) is 0.0942. The van der Waals surface area contributed by atoms with Crippen LogP contribution in [0.1, 0.15) is 16.7 Å². The molecule has 4 aromatic carbocycles. The average Bonchev–Trinajstić information content (AvgIpc) is 2.91. The first-order chi connectivity index (χ1) is 17.9. The Kier molecular flexibility index (Phi) is 9.18. The Morgan fingerprint density at radius 3 is 1.86 bits per heavy atom. The molecule has 0 spiro atoms. The van der Waals surface area contributed by atoms with Gasteiger partial charge >= 0.3 is 13.7 Å². The molecule has 0 saturated heterocycles. The third-order valence-corrected chi connectivity index (χ3v) is 7.45. The Hall–Kier alpha value is -3.38. The van der Waals surface area contributed by atoms with Crippen LogP contribution in [0.4, 0.5) is 0 Å². The standard InChI is InChI=1S/C29H27BrNO5P/c1-22-12-16-26(17-13-22)35-37(33,36-27-18-14-25(30)15-19-27)31-28(20-23-8-4-2-5-9-23)29(32)34-21-24-10-6-3-7-11-24/h2-19,28H,20-21H2,1H3,(H,31,33)/t28-,37?/m0/s1. The van der Waals surface area contributed by atoms with E-state index in [4.69, 9.17) is 13.8 Å². The van der Waals surface area contributed by atoms with Crippen LogP contribution in [0.25, 0.3) is 0 Å². The van der Waals surface area contributed by atoms with E-state index in [1.807, 2.05) is 79.7 Å². The molecule has 0 bridgehead atoms. The molecule has 6 nitrogen and oxygen atoms in total. The second-order valence-electron chi connectivity index (χ2n) is 8.41. The van der Waals surface area contributed by atoms with Crippen molar-refractivity contribution in [3.05, 3.63) is 130 Å². The van der Waals surface area contributed by atoms with Crippen molar-refractivity contribution in [2.45, 2.75) is 26.0 Å². The molecule has 0 aliphatic carbocycles. The first kappa shape index (κ1) is 26.7. The third kappa shape index (κ3) is 8.32. The lowest BCUT2D eigenvalue weighted by molar-refractivity contribution is -0.147. The number of benzene rings is 4. The summed E-state index contributed by atoms with van der Waals surface area (Å²) >= 11 is 3.39. The second-order valence-corrected chi connectivity index (χ2v) is 10.9. The number of hydrogen-bond donors (Lipinski definition) is 1. The minimum absolute atomic E-state index is 0.0866. The molecule has 4 rings (SSSR count). The van der Waals surface area contributed by atoms with Crippen LogP contribution in [0.3, 0.4) is 0 Å². The average molecular weight is 580 g/mol. The molecule has 0 amide bonds. The number of esters is 1. The van der Waals surface area contributed by atoms with E-state index in [9.17, 15) is 9.36 Å². The molecule has 0 aliphatic rings. The number of carbonyl (C=O) groups excluding carboxylic acids is 1. The topological polar surface area (TPSA) is 73.9 Å². The number of carbonyl (C=O) groups is 1. The van der Waals surface area contributed by atoms with Gasteiger partial charge in [-0.2, -0.15) is 5.09 Å². The molecule has 0 aromatic heterocycles. The summed E-state index contributed by atoms with van der Waals surface area (Å²) in [7, 11) is -4.10. The molecule has 37 heavy (non-hydrogen) atoms. The summed E-state index contributed by atoms with van der Waals surface area (Å²) in [5, 5.41) is 2.87. The van der Waals surface area contributed by atoms with E-state index < -0.39 is 19.8 Å². The SMILES string of the molecule is Cc1ccc(OP(=O)(N[C@@H](Cc2ccccc2)C(=O)OCc2ccccc2)Oc2ccc(Br)cc2)cc1. The fourth-order valence-corrected chi connectivity index (χ4v) is 5.28. The summed E-state index contributed by atoms with van der Waals surface area (Å²) in [5.41, 5.74) is 2.73. The smallest absolute Gasteiger partial charge is 0.460 e. The minimum atomic E-state index is -4.10. The van der Waals surface area contributed by atoms with E-state index >= 15 is 0 Å². The summed E-state index contributed by atoms with van der Waals surface area (Å²) in [6.45, 7) is 2.03. The molecule has 0 heterocycles. The summed E-state index contributed by atoms with van der Waals surface area (Å²) < 4.78 is 32.3. The first-order valence-electron chi connectivity index (χ1n) is 11.7. The quantitative estimate of drug-likeness (QED) is 0.149. The van der Waals surface area contributed by atoms with E-state index in [0.29, 0.717) is 11.5 Å². The molecule has 190 valence electrons. The van der Waals surface area contributed by atoms with Crippen LogP contribution in [0.2, 0.25) is 0 Å². The number of aryl methyl sites for hydroxylation is 1. The maximum atomic E-state index is 14.1. The molecule has 4 aromatic rings. The zero-order valence-electron chi connectivity index (χ0n) is 20.3. The zero-order valence-corrected chi connectivity index (χ0v) is 22.7. The van der Waals surface area contributed by atoms with E-state index in [0.717, 1.165) is 21.2 Å². The zero-order chi connectivity index (χ0) is 26.1. The van der Waals surface area contributed by atoms with Gasteiger partial charge in [-0.1, -0.05) is 94.3 Å². The van der Waals surface area contributed by atoms with Crippen molar-refractivity contribution in [1.29, 1.82) is 0 Å². The van der Waals surface area contributed by atoms with Gasteiger partial charge in [0.1, 0.15) is 24.1 Å². The highest BCUT2D eigenvalue weighted by Crippen LogP contribution is 2.46. The van der Waals surface area contributed by atoms with Crippen LogP contribution in [-0.4, -0.2) is 12.0 Å². The van der Waals surface area contributed by atoms with Gasteiger partial charge in [-0.3, -0.25) is 4.79 Å². The van der Waals surface area contributed by atoms with Crippen LogP contribution in [0.15, 0.2) is 114 Å². The van der Waals surface area contributed by atoms with Crippen LogP contribution in [0.5, 0.6) is 11.5 Å². The van der Waals surface area contributed by atoms with Crippen LogP contribution in [0, 0.1) is 6.92 Å². The van der Waals surface area contributed by atoms with Gasteiger partial charge in [0.05, 0.1) is 0 Å². The normalized spacial score (nSPS) is 13.2. The number of rotatable bonds is 11. The van der Waals surface area contributed by atoms with Crippen molar-refractivity contribution in [3.63, 3.8) is 0 Å². The van der Waals surface area contributed by atoms with Crippen LogP contribution < -0.4 is 14.1 Å². The molecular formula is C29H27BrNO5P. The van der Waals surface area contributed by atoms with Crippen molar-refractivity contribution >= 4 is 29.6 Å². The Labute approximate surface area is 225 Å². The largest absolute Gasteiger partial charge is 0.513 e. The van der Waals surface area contributed by atoms with Crippen molar-refractivity contribution in [2.75, 3.05) is 0 Å². The monoisotopic (exact) mass is 579 g/mol. The molecule has 1 unspecified atom stereocenters. The van der Waals surface area contributed by atoms with E-state index in [1.54, 1.807) is 36.4 Å². The lowest BCUT2D eigenvalue weighted by Gasteiger charge is -2.25. The Morgan fingerprint density at radius 1 is 0.784 bits per heavy atom. The van der Waals surface area contributed by atoms with Gasteiger partial charge in [0.2, 0.25) is 0 Å². The molecule has 8 heteroatoms. The van der Waals surface area contributed by atoms with Gasteiger partial charge in [0.25, 0.3) is 0 Å². The molecule has 0 fully saturated rings. The maximum Gasteiger partial charge on any atom is 0.513 e. The molecule has 0 radical (unpaired) electrons. The Morgan fingerprint density at radius 2 is 1.30 bits per heavy atom. The fraction of sp³-hybridized carbons (Fsp3) is 0.138. The summed E-state index contributed by atoms with van der Waals surface area (Å²) in [4.78, 5) is 13.3. The molecule has 0 saturated carbocycles. The molecule has 2 atom stereocenters. The predicted octanol–water partition coefficient (Wildman–Crippen LogP) is 7.27. The van der Waals surface area contributed by atoms with Gasteiger partial charge in [0, 0.05) is 4.47 Å². The predicted molar refractivity (Wildman–Crippen MR) is 147 cm³/mol. The molecule has 0 aliphatic heterocycles. The molecule has 1 N–H and O–H groups in total. The second kappa shape index (κ2) is 12.7. The van der Waals surface area contributed by atoms with Crippen molar-refractivity contribution in [3.8, 4) is 11.5 Å². The van der Waals surface area contributed by atoms with Gasteiger partial charge in [0.15, 0.2) is 0 Å². The number of halogens is 1. The van der Waals surface area contributed by atoms with E-state index in [1.165, 1.54) is 0 Å². The number of ether oxygens (including phenoxy) is 1. The summed E-state index contributed by atoms with van der Waals surface area (Å²) in [6.07, 6.45) is 0.222. The lowest BCUT2D eigenvalue weighted by Crippen LogP contribution is -2.40. The highest BCUT2D eigenvalue weighted by Gasteiger charge is 2.36. The first-order valence-corrected chi connectivity index (χ1v) is 14.1. The van der Waals surface area contributed by atoms with E-state index in [2.05, 4.69) is 21.0 Å². The van der Waals surface area contributed by atoms with Gasteiger partial charge in [-0.05, 0) is 60.9 Å². The van der Waals surface area contributed by atoms with Crippen LogP contribution >= 0.6 is 23.7 Å². The number of nitrogens with one attached hydrogen (secondary N) is 1. The summed E-state index contributed by atoms with van der Waals surface area (Å²) in [6, 6.07) is 31.7. The van der Waals surface area contributed by atoms with Crippen molar-refractivity contribution < 1.29 is 23.1 Å². The fourth-order valence-electron chi connectivity index (χ4n) is 3.50. The Balaban J connectivity index is 1.60. The lowest BCUT2D eigenvalue weighted by atomic mass is 10.1. The van der Waals surface area contributed by atoms with Crippen molar-refractivity contribution in [2.24, 2.45) is 0 Å². The van der Waals surface area contributed by atoms with E-state index in [-0.39, 0.29) is 13.0 Å². The Bertz CT molecular complexity index is 1280. The van der Waals surface area contributed by atoms with Gasteiger partial charge < -0.3 is 13.8 Å².